The molecule has 3 rings (SSSR count). The summed E-state index contributed by atoms with van der Waals surface area (Å²) in [5.74, 6) is 0. The number of hydrogen-bond donors (Lipinski definition) is 1. The third-order valence-electron chi connectivity index (χ3n) is 3.25. The Morgan fingerprint density at radius 1 is 1.19 bits per heavy atom. The van der Waals surface area contributed by atoms with E-state index in [-0.39, 0.29) is 6.04 Å². The normalized spacial score (nSPS) is 12.3. The number of aromatic nitrogens is 1. The van der Waals surface area contributed by atoms with Gasteiger partial charge in [-0.25, -0.2) is 4.98 Å². The molecule has 0 spiro atoms. The fourth-order valence-electron chi connectivity index (χ4n) is 2.15. The van der Waals surface area contributed by atoms with Crippen LogP contribution in [0.3, 0.4) is 0 Å². The van der Waals surface area contributed by atoms with Crippen LogP contribution in [-0.4, -0.2) is 4.98 Å². The van der Waals surface area contributed by atoms with Crippen LogP contribution in [0.15, 0.2) is 41.1 Å². The second-order valence-electron chi connectivity index (χ2n) is 4.88. The van der Waals surface area contributed by atoms with Crippen LogP contribution in [-0.2, 0) is 0 Å². The highest BCUT2D eigenvalue weighted by atomic mass is 35.5. The maximum atomic E-state index is 6.00. The van der Waals surface area contributed by atoms with Gasteiger partial charge in [-0.05, 0) is 43.0 Å². The van der Waals surface area contributed by atoms with Crippen molar-refractivity contribution in [1.82, 2.24) is 4.98 Å². The smallest absolute Gasteiger partial charge is 0.0931 e. The van der Waals surface area contributed by atoms with Gasteiger partial charge in [0.15, 0.2) is 0 Å². The van der Waals surface area contributed by atoms with Crippen LogP contribution in [0.25, 0.3) is 11.3 Å². The van der Waals surface area contributed by atoms with Gasteiger partial charge < -0.3 is 5.32 Å². The quantitative estimate of drug-likeness (QED) is 0.632. The summed E-state index contributed by atoms with van der Waals surface area (Å²) in [4.78, 5) is 4.54. The van der Waals surface area contributed by atoms with Crippen molar-refractivity contribution in [2.24, 2.45) is 0 Å². The lowest BCUT2D eigenvalue weighted by atomic mass is 10.1. The zero-order chi connectivity index (χ0) is 14.8. The first-order chi connectivity index (χ1) is 10.1. The van der Waals surface area contributed by atoms with Crippen LogP contribution in [0.5, 0.6) is 0 Å². The first-order valence-corrected chi connectivity index (χ1v) is 8.78. The van der Waals surface area contributed by atoms with Crippen LogP contribution in [0.4, 0.5) is 5.69 Å². The van der Waals surface area contributed by atoms with Crippen molar-refractivity contribution in [3.63, 3.8) is 0 Å². The summed E-state index contributed by atoms with van der Waals surface area (Å²) < 4.78 is 0.824. The second-order valence-corrected chi connectivity index (χ2v) is 7.49. The van der Waals surface area contributed by atoms with E-state index in [1.807, 2.05) is 13.0 Å². The molecule has 0 saturated carbocycles. The molecule has 5 heteroatoms. The lowest BCUT2D eigenvalue weighted by Crippen LogP contribution is -2.05. The van der Waals surface area contributed by atoms with Gasteiger partial charge in [-0.3, -0.25) is 0 Å². The summed E-state index contributed by atoms with van der Waals surface area (Å²) in [7, 11) is 0. The summed E-state index contributed by atoms with van der Waals surface area (Å²) in [5.41, 5.74) is 4.47. The Kier molecular flexibility index (Phi) is 4.29. The van der Waals surface area contributed by atoms with Crippen molar-refractivity contribution < 1.29 is 0 Å². The number of nitrogens with one attached hydrogen (secondary N) is 1. The van der Waals surface area contributed by atoms with E-state index in [0.717, 1.165) is 26.3 Å². The molecular weight excluding hydrogens is 320 g/mol. The average Bonchev–Trinajstić information content (AvgIpc) is 3.08. The van der Waals surface area contributed by atoms with Gasteiger partial charge in [0.05, 0.1) is 15.0 Å². The van der Waals surface area contributed by atoms with Gasteiger partial charge in [-0.15, -0.1) is 22.7 Å². The Morgan fingerprint density at radius 2 is 2.05 bits per heavy atom. The summed E-state index contributed by atoms with van der Waals surface area (Å²) in [5, 5.41) is 8.78. The molecule has 0 radical (unpaired) electrons. The minimum absolute atomic E-state index is 0.223. The standard InChI is InChI=1S/C16H15ClN2S2/c1-10(13-7-16(17)21-8-13)18-14-5-3-4-12(6-14)15-9-20-11(2)19-15/h3-10,18H,1-2H3. The summed E-state index contributed by atoms with van der Waals surface area (Å²) in [6, 6.07) is 10.6. The van der Waals surface area contributed by atoms with Gasteiger partial charge in [-0.2, -0.15) is 0 Å². The van der Waals surface area contributed by atoms with Gasteiger partial charge in [0.1, 0.15) is 0 Å². The molecule has 1 aromatic carbocycles. The first-order valence-electron chi connectivity index (χ1n) is 6.65. The van der Waals surface area contributed by atoms with E-state index >= 15 is 0 Å². The topological polar surface area (TPSA) is 24.9 Å². The highest BCUT2D eigenvalue weighted by Crippen LogP contribution is 2.29. The van der Waals surface area contributed by atoms with Crippen LogP contribution < -0.4 is 5.32 Å². The highest BCUT2D eigenvalue weighted by molar-refractivity contribution is 7.14. The van der Waals surface area contributed by atoms with Crippen LogP contribution in [0.2, 0.25) is 4.34 Å². The summed E-state index contributed by atoms with van der Waals surface area (Å²) in [6.07, 6.45) is 0. The number of aryl methyl sites for hydroxylation is 1. The van der Waals surface area contributed by atoms with Crippen molar-refractivity contribution in [2.45, 2.75) is 19.9 Å². The predicted molar refractivity (Wildman–Crippen MR) is 93.7 cm³/mol. The number of rotatable bonds is 4. The molecule has 1 unspecified atom stereocenters. The van der Waals surface area contributed by atoms with E-state index in [4.69, 9.17) is 11.6 Å². The minimum atomic E-state index is 0.223. The third-order valence-corrected chi connectivity index (χ3v) is 5.13. The lowest BCUT2D eigenvalue weighted by Gasteiger charge is -2.14. The van der Waals surface area contributed by atoms with Crippen molar-refractivity contribution >= 4 is 40.0 Å². The monoisotopic (exact) mass is 334 g/mol. The highest BCUT2D eigenvalue weighted by Gasteiger charge is 2.09. The molecule has 0 bridgehead atoms. The fourth-order valence-corrected chi connectivity index (χ4v) is 3.75. The average molecular weight is 335 g/mol. The fraction of sp³-hybridized carbons (Fsp3) is 0.188. The van der Waals surface area contributed by atoms with Crippen molar-refractivity contribution in [2.75, 3.05) is 5.32 Å². The first kappa shape index (κ1) is 14.6. The molecule has 0 saturated heterocycles. The number of thiazole rings is 1. The molecule has 1 N–H and O–H groups in total. The maximum absolute atomic E-state index is 6.00. The molecule has 2 nitrogen and oxygen atoms in total. The molecule has 3 aromatic rings. The van der Waals surface area contributed by atoms with Gasteiger partial charge in [0.25, 0.3) is 0 Å². The van der Waals surface area contributed by atoms with Crippen LogP contribution in [0, 0.1) is 6.92 Å². The molecule has 1 atom stereocenters. The largest absolute Gasteiger partial charge is 0.378 e. The van der Waals surface area contributed by atoms with Crippen molar-refractivity contribution in [3.8, 4) is 11.3 Å². The molecule has 0 fully saturated rings. The zero-order valence-corrected chi connectivity index (χ0v) is 14.1. The van der Waals surface area contributed by atoms with Crippen molar-refractivity contribution in [3.05, 3.63) is 56.0 Å². The number of halogens is 1. The summed E-state index contributed by atoms with van der Waals surface area (Å²) in [6.45, 7) is 4.16. The Morgan fingerprint density at radius 3 is 2.71 bits per heavy atom. The number of anilines is 1. The van der Waals surface area contributed by atoms with E-state index in [0.29, 0.717) is 0 Å². The van der Waals surface area contributed by atoms with Gasteiger partial charge in [0, 0.05) is 22.7 Å². The Balaban J connectivity index is 1.80. The molecule has 2 aromatic heterocycles. The predicted octanol–water partition coefficient (Wildman–Crippen LogP) is 6.01. The zero-order valence-electron chi connectivity index (χ0n) is 11.8. The van der Waals surface area contributed by atoms with Crippen LogP contribution in [0.1, 0.15) is 23.5 Å². The van der Waals surface area contributed by atoms with E-state index in [1.165, 1.54) is 5.56 Å². The third kappa shape index (κ3) is 3.46. The van der Waals surface area contributed by atoms with E-state index < -0.39 is 0 Å². The second kappa shape index (κ2) is 6.18. The van der Waals surface area contributed by atoms with Gasteiger partial charge in [-0.1, -0.05) is 23.7 Å². The molecular formula is C16H15ClN2S2. The minimum Gasteiger partial charge on any atom is -0.378 e. The summed E-state index contributed by atoms with van der Waals surface area (Å²) >= 11 is 9.24. The molecule has 0 aliphatic rings. The van der Waals surface area contributed by atoms with Gasteiger partial charge >= 0.3 is 0 Å². The Bertz CT molecular complexity index is 748. The molecule has 0 aliphatic heterocycles. The lowest BCUT2D eigenvalue weighted by molar-refractivity contribution is 0.891. The SMILES string of the molecule is Cc1nc(-c2cccc(NC(C)c3csc(Cl)c3)c2)cs1. The number of hydrogen-bond acceptors (Lipinski definition) is 4. The van der Waals surface area contributed by atoms with Crippen LogP contribution >= 0.6 is 34.3 Å². The molecule has 108 valence electrons. The van der Waals surface area contributed by atoms with E-state index in [2.05, 4.69) is 52.3 Å². The molecule has 21 heavy (non-hydrogen) atoms. The van der Waals surface area contributed by atoms with Gasteiger partial charge in [0.2, 0.25) is 0 Å². The maximum Gasteiger partial charge on any atom is 0.0931 e. The Labute approximate surface area is 137 Å². The van der Waals surface area contributed by atoms with Crippen molar-refractivity contribution in [1.29, 1.82) is 0 Å². The van der Waals surface area contributed by atoms with E-state index in [1.54, 1.807) is 22.7 Å². The molecule has 0 amide bonds. The van der Waals surface area contributed by atoms with E-state index in [9.17, 15) is 0 Å². The number of benzene rings is 1. The molecule has 0 aliphatic carbocycles. The Hall–Kier alpha value is -1.36. The number of thiophene rings is 1. The number of nitrogens with zero attached hydrogens (tertiary/aromatic N) is 1. The molecule has 2 heterocycles.